The Labute approximate surface area is 111 Å². The zero-order chi connectivity index (χ0) is 12.3. The second-order valence-corrected chi connectivity index (χ2v) is 5.31. The van der Waals surface area contributed by atoms with Gasteiger partial charge in [-0.1, -0.05) is 22.0 Å². The molecule has 0 aliphatic carbocycles. The maximum atomic E-state index is 9.41. The van der Waals surface area contributed by atoms with Gasteiger partial charge in [0.25, 0.3) is 0 Å². The lowest BCUT2D eigenvalue weighted by molar-refractivity contribution is 0.167. The molecule has 0 amide bonds. The summed E-state index contributed by atoms with van der Waals surface area (Å²) in [4.78, 5) is 2.23. The number of halogens is 1. The van der Waals surface area contributed by atoms with Crippen LogP contribution in [0.2, 0.25) is 0 Å². The molecule has 1 N–H and O–H groups in total. The van der Waals surface area contributed by atoms with Gasteiger partial charge in [0.05, 0.1) is 6.10 Å². The predicted octanol–water partition coefficient (Wildman–Crippen LogP) is 2.20. The SMILES string of the molecule is Cc1c(Br)cccc1OCCN1CCC(O)C1. The molecule has 1 aromatic rings. The monoisotopic (exact) mass is 299 g/mol. The molecule has 1 saturated heterocycles. The highest BCUT2D eigenvalue weighted by Gasteiger charge is 2.19. The Balaban J connectivity index is 1.80. The molecule has 1 fully saturated rings. The topological polar surface area (TPSA) is 32.7 Å². The van der Waals surface area contributed by atoms with Gasteiger partial charge in [0, 0.05) is 29.7 Å². The minimum Gasteiger partial charge on any atom is -0.492 e. The van der Waals surface area contributed by atoms with E-state index in [0.29, 0.717) is 6.61 Å². The number of aliphatic hydroxyl groups is 1. The predicted molar refractivity (Wildman–Crippen MR) is 71.4 cm³/mol. The van der Waals surface area contributed by atoms with Crippen molar-refractivity contribution in [2.45, 2.75) is 19.4 Å². The van der Waals surface area contributed by atoms with Crippen molar-refractivity contribution < 1.29 is 9.84 Å². The fourth-order valence-electron chi connectivity index (χ4n) is 2.04. The Kier molecular flexibility index (Phi) is 4.42. The Morgan fingerprint density at radius 1 is 1.53 bits per heavy atom. The zero-order valence-corrected chi connectivity index (χ0v) is 11.6. The molecule has 17 heavy (non-hydrogen) atoms. The van der Waals surface area contributed by atoms with Gasteiger partial charge in [-0.15, -0.1) is 0 Å². The van der Waals surface area contributed by atoms with Gasteiger partial charge in [-0.3, -0.25) is 4.90 Å². The van der Waals surface area contributed by atoms with Crippen molar-refractivity contribution in [3.8, 4) is 5.75 Å². The lowest BCUT2D eigenvalue weighted by Crippen LogP contribution is -2.27. The third-order valence-electron chi connectivity index (χ3n) is 3.13. The molecule has 0 aromatic heterocycles. The largest absolute Gasteiger partial charge is 0.492 e. The number of benzene rings is 1. The van der Waals surface area contributed by atoms with E-state index in [1.165, 1.54) is 0 Å². The molecule has 1 atom stereocenters. The first-order chi connectivity index (χ1) is 8.16. The molecular formula is C13H18BrNO2. The van der Waals surface area contributed by atoms with Gasteiger partial charge in [-0.25, -0.2) is 0 Å². The molecule has 0 spiro atoms. The van der Waals surface area contributed by atoms with E-state index >= 15 is 0 Å². The number of nitrogens with zero attached hydrogens (tertiary/aromatic N) is 1. The molecule has 1 heterocycles. The number of likely N-dealkylation sites (tertiary alicyclic amines) is 1. The van der Waals surface area contributed by atoms with Crippen molar-refractivity contribution >= 4 is 15.9 Å². The van der Waals surface area contributed by atoms with E-state index in [-0.39, 0.29) is 6.10 Å². The van der Waals surface area contributed by atoms with Gasteiger partial charge in [0.2, 0.25) is 0 Å². The summed E-state index contributed by atoms with van der Waals surface area (Å²) in [5.41, 5.74) is 1.13. The third kappa shape index (κ3) is 3.44. The smallest absolute Gasteiger partial charge is 0.123 e. The van der Waals surface area contributed by atoms with Crippen molar-refractivity contribution in [3.63, 3.8) is 0 Å². The summed E-state index contributed by atoms with van der Waals surface area (Å²) in [5, 5.41) is 9.41. The van der Waals surface area contributed by atoms with Gasteiger partial charge in [-0.2, -0.15) is 0 Å². The van der Waals surface area contributed by atoms with Gasteiger partial charge < -0.3 is 9.84 Å². The Hall–Kier alpha value is -0.580. The molecule has 1 aliphatic heterocycles. The van der Waals surface area contributed by atoms with E-state index in [1.807, 2.05) is 25.1 Å². The number of hydrogen-bond donors (Lipinski definition) is 1. The normalized spacial score (nSPS) is 20.8. The Morgan fingerprint density at radius 3 is 3.06 bits per heavy atom. The Bertz CT molecular complexity index is 384. The van der Waals surface area contributed by atoms with E-state index in [0.717, 1.165) is 41.8 Å². The Morgan fingerprint density at radius 2 is 2.35 bits per heavy atom. The first-order valence-corrected chi connectivity index (χ1v) is 6.74. The number of ether oxygens (including phenoxy) is 1. The number of β-amino-alcohol motifs (C(OH)–C–C–N with tert-alkyl or cyclic N) is 1. The average Bonchev–Trinajstić information content (AvgIpc) is 2.70. The zero-order valence-electron chi connectivity index (χ0n) is 10.0. The van der Waals surface area contributed by atoms with Crippen molar-refractivity contribution in [2.75, 3.05) is 26.2 Å². The van der Waals surface area contributed by atoms with Crippen LogP contribution in [-0.4, -0.2) is 42.4 Å². The molecule has 2 rings (SSSR count). The first kappa shape index (κ1) is 12.9. The van der Waals surface area contributed by atoms with Crippen molar-refractivity contribution in [3.05, 3.63) is 28.2 Å². The molecule has 1 unspecified atom stereocenters. The van der Waals surface area contributed by atoms with Crippen molar-refractivity contribution in [1.82, 2.24) is 4.90 Å². The molecule has 0 saturated carbocycles. The quantitative estimate of drug-likeness (QED) is 0.925. The summed E-state index contributed by atoms with van der Waals surface area (Å²) in [6.07, 6.45) is 0.734. The summed E-state index contributed by atoms with van der Waals surface area (Å²) in [6, 6.07) is 5.98. The summed E-state index contributed by atoms with van der Waals surface area (Å²) in [7, 11) is 0. The summed E-state index contributed by atoms with van der Waals surface area (Å²) < 4.78 is 6.84. The van der Waals surface area contributed by atoms with Crippen LogP contribution in [0.5, 0.6) is 5.75 Å². The lowest BCUT2D eigenvalue weighted by Gasteiger charge is -2.16. The summed E-state index contributed by atoms with van der Waals surface area (Å²) in [5.74, 6) is 0.930. The second kappa shape index (κ2) is 5.85. The van der Waals surface area contributed by atoms with Gasteiger partial charge >= 0.3 is 0 Å². The molecule has 0 radical (unpaired) electrons. The van der Waals surface area contributed by atoms with E-state index < -0.39 is 0 Å². The number of aliphatic hydroxyl groups excluding tert-OH is 1. The fraction of sp³-hybridized carbons (Fsp3) is 0.538. The van der Waals surface area contributed by atoms with Crippen LogP contribution >= 0.6 is 15.9 Å². The molecule has 1 aliphatic rings. The highest BCUT2D eigenvalue weighted by molar-refractivity contribution is 9.10. The summed E-state index contributed by atoms with van der Waals surface area (Å²) in [6.45, 7) is 5.34. The number of rotatable bonds is 4. The lowest BCUT2D eigenvalue weighted by atomic mass is 10.2. The van der Waals surface area contributed by atoms with Crippen molar-refractivity contribution in [2.24, 2.45) is 0 Å². The molecule has 4 heteroatoms. The minimum absolute atomic E-state index is 0.150. The molecule has 94 valence electrons. The van der Waals surface area contributed by atoms with Gasteiger partial charge in [0.1, 0.15) is 12.4 Å². The standard InChI is InChI=1S/C13H18BrNO2/c1-10-12(14)3-2-4-13(10)17-8-7-15-6-5-11(16)9-15/h2-4,11,16H,5-9H2,1H3. The van der Waals surface area contributed by atoms with Crippen LogP contribution < -0.4 is 4.74 Å². The van der Waals surface area contributed by atoms with Crippen LogP contribution in [0.15, 0.2) is 22.7 Å². The molecule has 3 nitrogen and oxygen atoms in total. The van der Waals surface area contributed by atoms with Crippen molar-refractivity contribution in [1.29, 1.82) is 0 Å². The highest BCUT2D eigenvalue weighted by Crippen LogP contribution is 2.25. The minimum atomic E-state index is -0.150. The third-order valence-corrected chi connectivity index (χ3v) is 3.99. The fourth-order valence-corrected chi connectivity index (χ4v) is 2.39. The van der Waals surface area contributed by atoms with Crippen LogP contribution in [0.4, 0.5) is 0 Å². The van der Waals surface area contributed by atoms with E-state index in [9.17, 15) is 5.11 Å². The van der Waals surface area contributed by atoms with E-state index in [1.54, 1.807) is 0 Å². The van der Waals surface area contributed by atoms with Crippen LogP contribution in [0.25, 0.3) is 0 Å². The second-order valence-electron chi connectivity index (χ2n) is 4.45. The maximum absolute atomic E-state index is 9.41. The van der Waals surface area contributed by atoms with Crippen LogP contribution in [0, 0.1) is 6.92 Å². The maximum Gasteiger partial charge on any atom is 0.123 e. The van der Waals surface area contributed by atoms with Crippen LogP contribution in [0.3, 0.4) is 0 Å². The molecular weight excluding hydrogens is 282 g/mol. The highest BCUT2D eigenvalue weighted by atomic mass is 79.9. The van der Waals surface area contributed by atoms with E-state index in [2.05, 4.69) is 20.8 Å². The number of hydrogen-bond acceptors (Lipinski definition) is 3. The molecule has 1 aromatic carbocycles. The average molecular weight is 300 g/mol. The van der Waals surface area contributed by atoms with Crippen LogP contribution in [-0.2, 0) is 0 Å². The van der Waals surface area contributed by atoms with E-state index in [4.69, 9.17) is 4.74 Å². The first-order valence-electron chi connectivity index (χ1n) is 5.95. The summed E-state index contributed by atoms with van der Waals surface area (Å²) >= 11 is 3.49. The van der Waals surface area contributed by atoms with Gasteiger partial charge in [-0.05, 0) is 25.5 Å². The molecule has 0 bridgehead atoms. The van der Waals surface area contributed by atoms with Crippen LogP contribution in [0.1, 0.15) is 12.0 Å². The van der Waals surface area contributed by atoms with Gasteiger partial charge in [0.15, 0.2) is 0 Å².